The molecule has 1 atom stereocenters. The number of halogens is 2. The number of nitrogens with one attached hydrogen (secondary N) is 1. The average molecular weight is 369 g/mol. The zero-order valence-corrected chi connectivity index (χ0v) is 15.1. The molecule has 6 heteroatoms. The Labute approximate surface area is 153 Å². The summed E-state index contributed by atoms with van der Waals surface area (Å²) < 4.78 is 5.77. The van der Waals surface area contributed by atoms with Crippen LogP contribution < -0.4 is 15.8 Å². The van der Waals surface area contributed by atoms with Crippen molar-refractivity contribution in [3.05, 3.63) is 64.7 Å². The molecule has 0 heterocycles. The van der Waals surface area contributed by atoms with E-state index >= 15 is 0 Å². The smallest absolute Gasteiger partial charge is 0.221 e. The third kappa shape index (κ3) is 6.40. The summed E-state index contributed by atoms with van der Waals surface area (Å²) in [6, 6.07) is 15.0. The molecule has 0 aliphatic rings. The fourth-order valence-electron chi connectivity index (χ4n) is 2.15. The Hall–Kier alpha value is -1.75. The van der Waals surface area contributed by atoms with Gasteiger partial charge in [0.1, 0.15) is 12.4 Å². The first kappa shape index (κ1) is 20.3. The summed E-state index contributed by atoms with van der Waals surface area (Å²) >= 11 is 6.09. The van der Waals surface area contributed by atoms with Gasteiger partial charge in [0, 0.05) is 19.0 Å². The molecule has 0 bridgehead atoms. The van der Waals surface area contributed by atoms with Gasteiger partial charge in [0.15, 0.2) is 0 Å². The fraction of sp³-hybridized carbons (Fsp3) is 0.278. The molecule has 2 aromatic carbocycles. The van der Waals surface area contributed by atoms with E-state index in [1.807, 2.05) is 49.4 Å². The lowest BCUT2D eigenvalue weighted by atomic mass is 10.1. The number of hydrogen-bond acceptors (Lipinski definition) is 3. The number of amides is 1. The Morgan fingerprint density at radius 2 is 1.79 bits per heavy atom. The zero-order chi connectivity index (χ0) is 16.7. The molecule has 0 fully saturated rings. The van der Waals surface area contributed by atoms with Crippen LogP contribution in [0.15, 0.2) is 48.5 Å². The highest BCUT2D eigenvalue weighted by atomic mass is 35.5. The van der Waals surface area contributed by atoms with E-state index in [2.05, 4.69) is 5.32 Å². The van der Waals surface area contributed by atoms with E-state index in [1.54, 1.807) is 6.07 Å². The second-order valence-electron chi connectivity index (χ2n) is 5.45. The summed E-state index contributed by atoms with van der Waals surface area (Å²) in [5, 5.41) is 3.46. The molecule has 4 nitrogen and oxygen atoms in total. The van der Waals surface area contributed by atoms with Gasteiger partial charge < -0.3 is 15.8 Å². The molecule has 0 aromatic heterocycles. The third-order valence-electron chi connectivity index (χ3n) is 3.32. The molecule has 2 rings (SSSR count). The predicted octanol–water partition coefficient (Wildman–Crippen LogP) is 3.69. The van der Waals surface area contributed by atoms with Crippen LogP contribution in [0, 0.1) is 0 Å². The van der Waals surface area contributed by atoms with E-state index < -0.39 is 0 Å². The Morgan fingerprint density at radius 1 is 1.17 bits per heavy atom. The molecular formula is C18H22Cl2N2O2. The maximum absolute atomic E-state index is 11.7. The van der Waals surface area contributed by atoms with E-state index in [0.29, 0.717) is 30.3 Å². The van der Waals surface area contributed by atoms with Crippen LogP contribution >= 0.6 is 24.0 Å². The molecule has 2 aromatic rings. The van der Waals surface area contributed by atoms with Gasteiger partial charge in [0.2, 0.25) is 5.91 Å². The topological polar surface area (TPSA) is 64.4 Å². The van der Waals surface area contributed by atoms with Crippen LogP contribution in [0.1, 0.15) is 24.5 Å². The first-order valence-electron chi connectivity index (χ1n) is 7.52. The summed E-state index contributed by atoms with van der Waals surface area (Å²) in [5.41, 5.74) is 7.64. The second-order valence-corrected chi connectivity index (χ2v) is 5.85. The average Bonchev–Trinajstić information content (AvgIpc) is 2.52. The maximum Gasteiger partial charge on any atom is 0.221 e. The zero-order valence-electron chi connectivity index (χ0n) is 13.5. The van der Waals surface area contributed by atoms with Crippen molar-refractivity contribution in [3.63, 3.8) is 0 Å². The Balaban J connectivity index is 0.00000288. The van der Waals surface area contributed by atoms with Crippen molar-refractivity contribution in [2.24, 2.45) is 5.73 Å². The molecule has 130 valence electrons. The minimum absolute atomic E-state index is 0. The standard InChI is InChI=1S/C18H21ClN2O2.ClH/c1-13(20)10-18(22)21-11-14-6-2-3-7-15(14)12-23-17-9-5-4-8-16(17)19;/h2-9,13H,10-12,20H2,1H3,(H,21,22);1H. The van der Waals surface area contributed by atoms with E-state index in [-0.39, 0.29) is 24.4 Å². The third-order valence-corrected chi connectivity index (χ3v) is 3.63. The number of carbonyl (C=O) groups is 1. The fourth-order valence-corrected chi connectivity index (χ4v) is 2.34. The van der Waals surface area contributed by atoms with Crippen LogP contribution in [0.4, 0.5) is 0 Å². The molecule has 0 spiro atoms. The molecule has 0 aliphatic heterocycles. The van der Waals surface area contributed by atoms with Crippen LogP contribution in [0.5, 0.6) is 5.75 Å². The molecule has 0 saturated carbocycles. The molecule has 1 amide bonds. The van der Waals surface area contributed by atoms with Gasteiger partial charge in [-0.3, -0.25) is 4.79 Å². The monoisotopic (exact) mass is 368 g/mol. The van der Waals surface area contributed by atoms with Crippen LogP contribution in [0.2, 0.25) is 5.02 Å². The minimum atomic E-state index is -0.145. The summed E-state index contributed by atoms with van der Waals surface area (Å²) in [6.45, 7) is 2.65. The summed E-state index contributed by atoms with van der Waals surface area (Å²) in [6.07, 6.45) is 0.318. The number of para-hydroxylation sites is 1. The van der Waals surface area contributed by atoms with Crippen LogP contribution in [-0.2, 0) is 17.9 Å². The van der Waals surface area contributed by atoms with Gasteiger partial charge in [0.05, 0.1) is 5.02 Å². The van der Waals surface area contributed by atoms with Gasteiger partial charge in [-0.25, -0.2) is 0 Å². The first-order valence-corrected chi connectivity index (χ1v) is 7.90. The van der Waals surface area contributed by atoms with Gasteiger partial charge in [-0.1, -0.05) is 48.0 Å². The van der Waals surface area contributed by atoms with Gasteiger partial charge in [-0.15, -0.1) is 12.4 Å². The van der Waals surface area contributed by atoms with Gasteiger partial charge in [0.25, 0.3) is 0 Å². The van der Waals surface area contributed by atoms with Crippen molar-refractivity contribution in [2.75, 3.05) is 0 Å². The largest absolute Gasteiger partial charge is 0.487 e. The van der Waals surface area contributed by atoms with Crippen molar-refractivity contribution in [2.45, 2.75) is 32.5 Å². The second kappa shape index (κ2) is 10.2. The van der Waals surface area contributed by atoms with Crippen molar-refractivity contribution in [1.29, 1.82) is 0 Å². The minimum Gasteiger partial charge on any atom is -0.487 e. The van der Waals surface area contributed by atoms with Crippen LogP contribution in [0.25, 0.3) is 0 Å². The van der Waals surface area contributed by atoms with E-state index in [4.69, 9.17) is 22.1 Å². The molecule has 0 aliphatic carbocycles. The van der Waals surface area contributed by atoms with Crippen molar-refractivity contribution >= 4 is 29.9 Å². The highest BCUT2D eigenvalue weighted by Gasteiger charge is 2.08. The molecule has 1 unspecified atom stereocenters. The quantitative estimate of drug-likeness (QED) is 0.782. The highest BCUT2D eigenvalue weighted by molar-refractivity contribution is 6.32. The lowest BCUT2D eigenvalue weighted by molar-refractivity contribution is -0.121. The highest BCUT2D eigenvalue weighted by Crippen LogP contribution is 2.24. The lowest BCUT2D eigenvalue weighted by Crippen LogP contribution is -2.29. The van der Waals surface area contributed by atoms with Gasteiger partial charge in [-0.2, -0.15) is 0 Å². The molecule has 0 radical (unpaired) electrons. The number of carbonyl (C=O) groups excluding carboxylic acids is 1. The lowest BCUT2D eigenvalue weighted by Gasteiger charge is -2.13. The van der Waals surface area contributed by atoms with Crippen LogP contribution in [0.3, 0.4) is 0 Å². The molecule has 0 saturated heterocycles. The Morgan fingerprint density at radius 3 is 2.46 bits per heavy atom. The van der Waals surface area contributed by atoms with Crippen molar-refractivity contribution in [3.8, 4) is 5.75 Å². The first-order chi connectivity index (χ1) is 11.1. The number of benzene rings is 2. The SMILES string of the molecule is CC(N)CC(=O)NCc1ccccc1COc1ccccc1Cl.Cl. The molecule has 3 N–H and O–H groups in total. The van der Waals surface area contributed by atoms with Gasteiger partial charge >= 0.3 is 0 Å². The Bertz CT molecular complexity index is 663. The predicted molar refractivity (Wildman–Crippen MR) is 99.6 cm³/mol. The van der Waals surface area contributed by atoms with Crippen molar-refractivity contribution < 1.29 is 9.53 Å². The summed E-state index contributed by atoms with van der Waals surface area (Å²) in [4.78, 5) is 11.7. The summed E-state index contributed by atoms with van der Waals surface area (Å²) in [7, 11) is 0. The summed E-state index contributed by atoms with van der Waals surface area (Å²) in [5.74, 6) is 0.590. The van der Waals surface area contributed by atoms with Crippen molar-refractivity contribution in [1.82, 2.24) is 5.32 Å². The van der Waals surface area contributed by atoms with Crippen LogP contribution in [-0.4, -0.2) is 11.9 Å². The van der Waals surface area contributed by atoms with Gasteiger partial charge in [-0.05, 0) is 30.2 Å². The number of hydrogen-bond donors (Lipinski definition) is 2. The van der Waals surface area contributed by atoms with E-state index in [1.165, 1.54) is 0 Å². The van der Waals surface area contributed by atoms with E-state index in [9.17, 15) is 4.79 Å². The number of ether oxygens (including phenoxy) is 1. The van der Waals surface area contributed by atoms with E-state index in [0.717, 1.165) is 11.1 Å². The number of rotatable bonds is 7. The molecule has 24 heavy (non-hydrogen) atoms. The normalized spacial score (nSPS) is 11.3. The maximum atomic E-state index is 11.7. The number of nitrogens with two attached hydrogens (primary N) is 1. The Kier molecular flexibility index (Phi) is 8.61. The molecular weight excluding hydrogens is 347 g/mol.